The van der Waals surface area contributed by atoms with Crippen LogP contribution in [0.25, 0.3) is 22.0 Å². The zero-order chi connectivity index (χ0) is 17.4. The molecule has 0 N–H and O–H groups in total. The maximum absolute atomic E-state index is 13.1. The summed E-state index contributed by atoms with van der Waals surface area (Å²) in [7, 11) is -3.71. The molecule has 0 aliphatic rings. The predicted octanol–water partition coefficient (Wildman–Crippen LogP) is 3.64. The molecule has 3 heterocycles. The number of hydrogen-bond donors (Lipinski definition) is 0. The van der Waals surface area contributed by atoms with Crippen LogP contribution in [0.5, 0.6) is 0 Å². The van der Waals surface area contributed by atoms with E-state index < -0.39 is 10.0 Å². The Morgan fingerprint density at radius 2 is 1.56 bits per heavy atom. The smallest absolute Gasteiger partial charge is 0.265 e. The largest absolute Gasteiger partial charge is 0.268 e. The quantitative estimate of drug-likeness (QED) is 0.566. The van der Waals surface area contributed by atoms with Crippen LogP contribution in [0.15, 0.2) is 78.3 Å². The molecule has 4 rings (SSSR count). The van der Waals surface area contributed by atoms with Gasteiger partial charge in [-0.2, -0.15) is 0 Å². The van der Waals surface area contributed by atoms with Gasteiger partial charge in [0.15, 0.2) is 0 Å². The molecule has 25 heavy (non-hydrogen) atoms. The Morgan fingerprint density at radius 3 is 2.28 bits per heavy atom. The molecule has 0 bridgehead atoms. The van der Waals surface area contributed by atoms with Crippen LogP contribution in [0.2, 0.25) is 0 Å². The highest BCUT2D eigenvalue weighted by atomic mass is 32.2. The van der Waals surface area contributed by atoms with Crippen molar-refractivity contribution in [2.75, 3.05) is 0 Å². The van der Waals surface area contributed by atoms with E-state index in [-0.39, 0.29) is 4.90 Å². The van der Waals surface area contributed by atoms with Crippen molar-refractivity contribution in [1.29, 1.82) is 0 Å². The fourth-order valence-electron chi connectivity index (χ4n) is 2.83. The van der Waals surface area contributed by atoms with Gasteiger partial charge in [-0.15, -0.1) is 0 Å². The second-order valence-electron chi connectivity index (χ2n) is 5.79. The van der Waals surface area contributed by atoms with Crippen LogP contribution in [0.1, 0.15) is 5.56 Å². The molecule has 0 aliphatic heterocycles. The lowest BCUT2D eigenvalue weighted by Crippen LogP contribution is -2.11. The van der Waals surface area contributed by atoms with E-state index in [1.54, 1.807) is 55.2 Å². The summed E-state index contributed by atoms with van der Waals surface area (Å²) in [5.74, 6) is 0. The van der Waals surface area contributed by atoms with Crippen LogP contribution in [0, 0.1) is 6.92 Å². The van der Waals surface area contributed by atoms with Gasteiger partial charge in [0.2, 0.25) is 0 Å². The van der Waals surface area contributed by atoms with Crippen LogP contribution < -0.4 is 0 Å². The van der Waals surface area contributed by atoms with Crippen LogP contribution in [-0.4, -0.2) is 22.4 Å². The van der Waals surface area contributed by atoms with Crippen LogP contribution in [0.3, 0.4) is 0 Å². The summed E-state index contributed by atoms with van der Waals surface area (Å²) in [6, 6.07) is 12.4. The van der Waals surface area contributed by atoms with Gasteiger partial charge in [-0.1, -0.05) is 17.7 Å². The molecule has 1 aromatic carbocycles. The first-order chi connectivity index (χ1) is 12.1. The lowest BCUT2D eigenvalue weighted by Gasteiger charge is -2.07. The molecule has 5 nitrogen and oxygen atoms in total. The molecule has 4 aromatic rings. The Morgan fingerprint density at radius 1 is 0.880 bits per heavy atom. The number of aromatic nitrogens is 3. The van der Waals surface area contributed by atoms with Gasteiger partial charge in [0.1, 0.15) is 0 Å². The van der Waals surface area contributed by atoms with Gasteiger partial charge in [-0.25, -0.2) is 12.4 Å². The summed E-state index contributed by atoms with van der Waals surface area (Å²) in [6.07, 6.45) is 8.26. The van der Waals surface area contributed by atoms with Crippen molar-refractivity contribution in [3.63, 3.8) is 0 Å². The molecule has 0 aliphatic carbocycles. The summed E-state index contributed by atoms with van der Waals surface area (Å²) >= 11 is 0. The number of pyridine rings is 2. The average Bonchev–Trinajstić information content (AvgIpc) is 3.03. The van der Waals surface area contributed by atoms with Crippen molar-refractivity contribution in [1.82, 2.24) is 13.9 Å². The molecule has 6 heteroatoms. The normalized spacial score (nSPS) is 11.7. The minimum Gasteiger partial charge on any atom is -0.265 e. The molecular formula is C19H15N3O2S. The number of benzene rings is 1. The van der Waals surface area contributed by atoms with E-state index >= 15 is 0 Å². The third-order valence-electron chi connectivity index (χ3n) is 4.14. The van der Waals surface area contributed by atoms with Crippen LogP contribution in [-0.2, 0) is 10.0 Å². The van der Waals surface area contributed by atoms with Crippen molar-refractivity contribution in [3.8, 4) is 11.1 Å². The lowest BCUT2D eigenvalue weighted by molar-refractivity contribution is 0.589. The third kappa shape index (κ3) is 2.60. The van der Waals surface area contributed by atoms with Crippen LogP contribution >= 0.6 is 0 Å². The van der Waals surface area contributed by atoms with Gasteiger partial charge in [0, 0.05) is 35.7 Å². The monoisotopic (exact) mass is 349 g/mol. The third-order valence-corrected chi connectivity index (χ3v) is 5.83. The first-order valence-corrected chi connectivity index (χ1v) is 9.19. The molecule has 124 valence electrons. The van der Waals surface area contributed by atoms with Crippen molar-refractivity contribution < 1.29 is 8.42 Å². The Labute approximate surface area is 145 Å². The molecule has 0 fully saturated rings. The lowest BCUT2D eigenvalue weighted by atomic mass is 10.1. The topological polar surface area (TPSA) is 64.8 Å². The molecule has 3 aromatic heterocycles. The standard InChI is InChI=1S/C19H15N3O2S/c1-14-2-4-16(5-3-14)25(23,24)22-13-18(15-6-9-20-10-7-15)17-8-11-21-12-19(17)22/h2-13H,1H3. The maximum atomic E-state index is 13.1. The van der Waals surface area contributed by atoms with Crippen molar-refractivity contribution in [2.24, 2.45) is 0 Å². The van der Waals surface area contributed by atoms with E-state index in [4.69, 9.17) is 0 Å². The van der Waals surface area contributed by atoms with Gasteiger partial charge >= 0.3 is 0 Å². The SMILES string of the molecule is Cc1ccc(S(=O)(=O)n2cc(-c3ccncc3)c3ccncc32)cc1. The molecule has 0 saturated heterocycles. The second-order valence-corrected chi connectivity index (χ2v) is 7.60. The Kier molecular flexibility index (Phi) is 3.62. The highest BCUT2D eigenvalue weighted by molar-refractivity contribution is 7.90. The Hall–Kier alpha value is -2.99. The van der Waals surface area contributed by atoms with E-state index in [0.29, 0.717) is 5.52 Å². The molecule has 0 radical (unpaired) electrons. The number of hydrogen-bond acceptors (Lipinski definition) is 4. The predicted molar refractivity (Wildman–Crippen MR) is 96.7 cm³/mol. The highest BCUT2D eigenvalue weighted by Gasteiger charge is 2.21. The van der Waals surface area contributed by atoms with Gasteiger partial charge < -0.3 is 0 Å². The number of rotatable bonds is 3. The fourth-order valence-corrected chi connectivity index (χ4v) is 4.19. The van der Waals surface area contributed by atoms with Crippen molar-refractivity contribution in [3.05, 3.63) is 79.0 Å². The molecule has 0 saturated carbocycles. The van der Waals surface area contributed by atoms with Gasteiger partial charge in [0.25, 0.3) is 10.0 Å². The van der Waals surface area contributed by atoms with E-state index in [1.807, 2.05) is 25.1 Å². The second kappa shape index (κ2) is 5.82. The van der Waals surface area contributed by atoms with Gasteiger partial charge in [0.05, 0.1) is 16.6 Å². The van der Waals surface area contributed by atoms with Crippen molar-refractivity contribution >= 4 is 20.9 Å². The van der Waals surface area contributed by atoms with E-state index in [1.165, 1.54) is 3.97 Å². The zero-order valence-electron chi connectivity index (χ0n) is 13.5. The fraction of sp³-hybridized carbons (Fsp3) is 0.0526. The number of fused-ring (bicyclic) bond motifs is 1. The number of nitrogens with zero attached hydrogens (tertiary/aromatic N) is 3. The first-order valence-electron chi connectivity index (χ1n) is 7.75. The molecule has 0 spiro atoms. The summed E-state index contributed by atoms with van der Waals surface area (Å²) in [5, 5.41) is 0.830. The first kappa shape index (κ1) is 15.5. The van der Waals surface area contributed by atoms with E-state index in [2.05, 4.69) is 9.97 Å². The molecule has 0 unspecified atom stereocenters. The molecular weight excluding hydrogens is 334 g/mol. The average molecular weight is 349 g/mol. The Balaban J connectivity index is 1.98. The molecule has 0 atom stereocenters. The van der Waals surface area contributed by atoms with Crippen LogP contribution in [0.4, 0.5) is 0 Å². The van der Waals surface area contributed by atoms with Gasteiger partial charge in [-0.05, 0) is 42.8 Å². The maximum Gasteiger partial charge on any atom is 0.268 e. The summed E-state index contributed by atoms with van der Waals surface area (Å²) < 4.78 is 27.6. The van der Waals surface area contributed by atoms with Gasteiger partial charge in [-0.3, -0.25) is 9.97 Å². The highest BCUT2D eigenvalue weighted by Crippen LogP contribution is 2.32. The minimum atomic E-state index is -3.71. The van der Waals surface area contributed by atoms with E-state index in [0.717, 1.165) is 22.1 Å². The summed E-state index contributed by atoms with van der Waals surface area (Å²) in [6.45, 7) is 1.92. The number of aryl methyl sites for hydroxylation is 1. The minimum absolute atomic E-state index is 0.250. The molecule has 0 amide bonds. The van der Waals surface area contributed by atoms with Crippen molar-refractivity contribution in [2.45, 2.75) is 11.8 Å². The summed E-state index contributed by atoms with van der Waals surface area (Å²) in [4.78, 5) is 8.38. The zero-order valence-corrected chi connectivity index (χ0v) is 14.3. The van der Waals surface area contributed by atoms with E-state index in [9.17, 15) is 8.42 Å². The summed E-state index contributed by atoms with van der Waals surface area (Å²) in [5.41, 5.74) is 3.30. The Bertz CT molecular complexity index is 1150.